The summed E-state index contributed by atoms with van der Waals surface area (Å²) in [6, 6.07) is 0.0600. The van der Waals surface area contributed by atoms with Crippen molar-refractivity contribution in [1.29, 1.82) is 0 Å². The molecule has 3 N–H and O–H groups in total. The third-order valence-corrected chi connectivity index (χ3v) is 7.93. The first kappa shape index (κ1) is 37.1. The van der Waals surface area contributed by atoms with Crippen LogP contribution in [0.3, 0.4) is 0 Å². The van der Waals surface area contributed by atoms with Gasteiger partial charge in [0.25, 0.3) is 11.8 Å². The Morgan fingerprint density at radius 2 is 1.82 bits per heavy atom. The van der Waals surface area contributed by atoms with E-state index in [9.17, 15) is 32.3 Å². The fraction of sp³-hybridized carbons (Fsp3) is 0.667. The van der Waals surface area contributed by atoms with Gasteiger partial charge in [-0.15, -0.1) is 12.4 Å². The Morgan fingerprint density at radius 3 is 2.36 bits per heavy atom. The number of anilines is 1. The molecular weight excluding hydrogens is 603 g/mol. The smallest absolute Gasteiger partial charge is 0.417 e. The summed E-state index contributed by atoms with van der Waals surface area (Å²) in [6.45, 7) is 12.3. The summed E-state index contributed by atoms with van der Waals surface area (Å²) < 4.78 is 49.2. The summed E-state index contributed by atoms with van der Waals surface area (Å²) in [5, 5.41) is 2.67. The van der Waals surface area contributed by atoms with Gasteiger partial charge >= 0.3 is 6.18 Å². The summed E-state index contributed by atoms with van der Waals surface area (Å²) in [5.74, 6) is -2.19. The quantitative estimate of drug-likeness (QED) is 0.418. The Bertz CT molecular complexity index is 1240. The second kappa shape index (κ2) is 14.4. The van der Waals surface area contributed by atoms with Crippen LogP contribution in [0.4, 0.5) is 18.9 Å². The number of nitrogens with one attached hydrogen (secondary N) is 1. The molecule has 14 heteroatoms. The van der Waals surface area contributed by atoms with Crippen molar-refractivity contribution in [3.63, 3.8) is 0 Å². The Hall–Kier alpha value is -3.06. The number of nitrogens with two attached hydrogens (primary N) is 1. The minimum atomic E-state index is -4.91. The number of likely N-dealkylation sites (tertiary alicyclic amines) is 1. The number of benzene rings is 1. The van der Waals surface area contributed by atoms with Crippen molar-refractivity contribution >= 4 is 41.7 Å². The van der Waals surface area contributed by atoms with Crippen LogP contribution in [0.2, 0.25) is 0 Å². The lowest BCUT2D eigenvalue weighted by molar-refractivity contribution is -0.138. The highest BCUT2D eigenvalue weighted by Gasteiger charge is 2.45. The van der Waals surface area contributed by atoms with E-state index < -0.39 is 52.8 Å². The first-order chi connectivity index (χ1) is 19.9. The summed E-state index contributed by atoms with van der Waals surface area (Å²) in [6.07, 6.45) is -3.62. The Kier molecular flexibility index (Phi) is 12.1. The Balaban J connectivity index is 0.00000675. The van der Waals surface area contributed by atoms with Gasteiger partial charge in [0.15, 0.2) is 5.60 Å². The predicted molar refractivity (Wildman–Crippen MR) is 163 cm³/mol. The maximum atomic E-state index is 14.5. The van der Waals surface area contributed by atoms with E-state index in [4.69, 9.17) is 10.5 Å². The highest BCUT2D eigenvalue weighted by Crippen LogP contribution is 2.44. The maximum Gasteiger partial charge on any atom is 0.417 e. The third kappa shape index (κ3) is 7.96. The van der Waals surface area contributed by atoms with Gasteiger partial charge in [0.2, 0.25) is 11.8 Å². The van der Waals surface area contributed by atoms with Gasteiger partial charge in [-0.2, -0.15) is 13.2 Å². The van der Waals surface area contributed by atoms with Gasteiger partial charge in [-0.1, -0.05) is 20.8 Å². The molecule has 248 valence electrons. The lowest BCUT2D eigenvalue weighted by atomic mass is 9.96. The van der Waals surface area contributed by atoms with Gasteiger partial charge < -0.3 is 30.5 Å². The van der Waals surface area contributed by atoms with Gasteiger partial charge in [0, 0.05) is 44.7 Å². The number of carbonyl (C=O) groups is 4. The largest absolute Gasteiger partial charge is 0.476 e. The zero-order valence-electron chi connectivity index (χ0n) is 26.4. The molecule has 10 nitrogen and oxygen atoms in total. The molecule has 3 rings (SSSR count). The number of piperidine rings is 1. The van der Waals surface area contributed by atoms with Crippen molar-refractivity contribution in [2.75, 3.05) is 31.1 Å². The number of ether oxygens (including phenoxy) is 1. The highest BCUT2D eigenvalue weighted by atomic mass is 35.5. The molecule has 0 saturated carbocycles. The normalized spacial score (nSPS) is 18.8. The second-order valence-corrected chi connectivity index (χ2v) is 12.3. The topological polar surface area (TPSA) is 125 Å². The predicted octanol–water partition coefficient (Wildman–Crippen LogP) is 3.98. The average Bonchev–Trinajstić information content (AvgIpc) is 2.92. The number of hydrogen-bond acceptors (Lipinski definition) is 6. The SMILES string of the molecule is CCC(=O)NCCN1C(=O)C(C)(C)Oc2cc(C(F)(F)F)c(C(=O)N(C(C)C)[C@@H]3CCCN(C(=O)[C@@H](N)C(C)C)C3)cc21.Cl. The number of alkyl halides is 3. The molecule has 0 bridgehead atoms. The van der Waals surface area contributed by atoms with Gasteiger partial charge in [-0.25, -0.2) is 0 Å². The third-order valence-electron chi connectivity index (χ3n) is 7.93. The van der Waals surface area contributed by atoms with Crippen LogP contribution in [0.1, 0.15) is 83.7 Å². The van der Waals surface area contributed by atoms with Crippen LogP contribution in [-0.4, -0.2) is 83.3 Å². The van der Waals surface area contributed by atoms with Crippen LogP contribution >= 0.6 is 12.4 Å². The Morgan fingerprint density at radius 1 is 1.18 bits per heavy atom. The van der Waals surface area contributed by atoms with Crippen LogP contribution in [0.25, 0.3) is 0 Å². The van der Waals surface area contributed by atoms with Crippen LogP contribution in [0.5, 0.6) is 5.75 Å². The minimum absolute atomic E-state index is 0. The van der Waals surface area contributed by atoms with Crippen molar-refractivity contribution in [2.45, 2.75) is 97.6 Å². The summed E-state index contributed by atoms with van der Waals surface area (Å²) in [7, 11) is 0. The zero-order valence-corrected chi connectivity index (χ0v) is 27.2. The van der Waals surface area contributed by atoms with Gasteiger partial charge in [-0.05, 0) is 58.6 Å². The lowest BCUT2D eigenvalue weighted by Gasteiger charge is -2.43. The summed E-state index contributed by atoms with van der Waals surface area (Å²) >= 11 is 0. The fourth-order valence-electron chi connectivity index (χ4n) is 5.52. The van der Waals surface area contributed by atoms with Crippen LogP contribution in [0, 0.1) is 5.92 Å². The fourth-order valence-corrected chi connectivity index (χ4v) is 5.52. The molecule has 4 amide bonds. The van der Waals surface area contributed by atoms with Gasteiger partial charge in [0.1, 0.15) is 5.75 Å². The molecule has 2 aliphatic heterocycles. The number of nitrogens with zero attached hydrogens (tertiary/aromatic N) is 3. The number of fused-ring (bicyclic) bond motifs is 1. The van der Waals surface area contributed by atoms with Crippen molar-refractivity contribution < 1.29 is 37.1 Å². The number of rotatable bonds is 9. The molecule has 1 fully saturated rings. The molecule has 2 atom stereocenters. The van der Waals surface area contributed by atoms with Crippen LogP contribution in [0.15, 0.2) is 12.1 Å². The van der Waals surface area contributed by atoms with E-state index in [1.165, 1.54) is 23.6 Å². The van der Waals surface area contributed by atoms with Crippen LogP contribution < -0.4 is 20.7 Å². The summed E-state index contributed by atoms with van der Waals surface area (Å²) in [4.78, 5) is 56.5. The number of hydrogen-bond donors (Lipinski definition) is 2. The van der Waals surface area contributed by atoms with E-state index in [0.717, 1.165) is 12.1 Å². The van der Waals surface area contributed by atoms with E-state index >= 15 is 0 Å². The number of halogens is 4. The van der Waals surface area contributed by atoms with E-state index in [1.807, 2.05) is 13.8 Å². The summed E-state index contributed by atoms with van der Waals surface area (Å²) in [5.41, 5.74) is 2.82. The lowest BCUT2D eigenvalue weighted by Crippen LogP contribution is -2.57. The molecule has 1 saturated heterocycles. The van der Waals surface area contributed by atoms with Crippen molar-refractivity contribution in [1.82, 2.24) is 15.1 Å². The molecule has 44 heavy (non-hydrogen) atoms. The molecule has 0 aromatic heterocycles. The molecule has 1 aromatic carbocycles. The van der Waals surface area contributed by atoms with Crippen molar-refractivity contribution in [3.8, 4) is 5.75 Å². The molecule has 1 aromatic rings. The van der Waals surface area contributed by atoms with Crippen molar-refractivity contribution in [2.24, 2.45) is 11.7 Å². The molecule has 2 aliphatic rings. The molecule has 0 aliphatic carbocycles. The van der Waals surface area contributed by atoms with E-state index in [2.05, 4.69) is 5.32 Å². The molecule has 0 radical (unpaired) electrons. The highest BCUT2D eigenvalue weighted by molar-refractivity contribution is 6.05. The van der Waals surface area contributed by atoms with Crippen LogP contribution in [-0.2, 0) is 20.6 Å². The molecule has 0 unspecified atom stereocenters. The molecular formula is C30H45ClF3N5O5. The van der Waals surface area contributed by atoms with Gasteiger partial charge in [-0.3, -0.25) is 19.2 Å². The minimum Gasteiger partial charge on any atom is -0.476 e. The second-order valence-electron chi connectivity index (χ2n) is 12.3. The Labute approximate surface area is 263 Å². The maximum absolute atomic E-state index is 14.5. The molecule has 2 heterocycles. The van der Waals surface area contributed by atoms with Crippen molar-refractivity contribution in [3.05, 3.63) is 23.3 Å². The monoisotopic (exact) mass is 647 g/mol. The number of carbonyl (C=O) groups excluding carboxylic acids is 4. The standard InChI is InChI=1S/C30H44F3N5O5.ClH/c1-8-24(39)35-11-13-37-22-14-20(21(30(31,32)33)15-23(22)43-29(6,7)28(37)42)26(40)38(18(4)5)19-10-9-12-36(16-19)27(41)25(34)17(2)3;/h14-15,17-19,25H,8-13,16,34H2,1-7H3,(H,35,39);1H/t19-,25+;/m1./s1. The first-order valence-electron chi connectivity index (χ1n) is 14.8. The van der Waals surface area contributed by atoms with E-state index in [0.29, 0.717) is 19.4 Å². The first-order valence-corrected chi connectivity index (χ1v) is 14.8. The zero-order chi connectivity index (χ0) is 32.4. The van der Waals surface area contributed by atoms with E-state index in [-0.39, 0.29) is 67.6 Å². The average molecular weight is 648 g/mol. The number of amides is 4. The molecule has 0 spiro atoms. The van der Waals surface area contributed by atoms with Gasteiger partial charge in [0.05, 0.1) is 22.9 Å². The van der Waals surface area contributed by atoms with E-state index in [1.54, 1.807) is 25.7 Å².